The Morgan fingerprint density at radius 2 is 1.47 bits per heavy atom. The lowest BCUT2D eigenvalue weighted by molar-refractivity contribution is -0.127. The molecular formula is C38H28ClIN2O5. The number of amides is 4. The Morgan fingerprint density at radius 3 is 2.17 bits per heavy atom. The van der Waals surface area contributed by atoms with E-state index in [2.05, 4.69) is 22.6 Å². The largest absolute Gasteiger partial charge is 0.508 e. The number of benzene rings is 4. The highest BCUT2D eigenvalue weighted by molar-refractivity contribution is 14.1. The predicted molar refractivity (Wildman–Crippen MR) is 186 cm³/mol. The topological polar surface area (TPSA) is 95.0 Å². The van der Waals surface area contributed by atoms with Crippen LogP contribution in [0.4, 0.5) is 11.4 Å². The van der Waals surface area contributed by atoms with Gasteiger partial charge in [0.25, 0.3) is 0 Å². The van der Waals surface area contributed by atoms with E-state index in [-0.39, 0.29) is 35.8 Å². The summed E-state index contributed by atoms with van der Waals surface area (Å²) in [6.45, 7) is 0. The number of hydrogen-bond acceptors (Lipinski definition) is 5. The number of carbonyl (C=O) groups excluding carboxylic acids is 4. The van der Waals surface area contributed by atoms with E-state index in [0.717, 1.165) is 14.7 Å². The number of anilines is 2. The van der Waals surface area contributed by atoms with Crippen molar-refractivity contribution < 1.29 is 24.3 Å². The molecule has 4 aromatic carbocycles. The molecule has 4 aliphatic rings. The van der Waals surface area contributed by atoms with Crippen molar-refractivity contribution in [3.8, 4) is 5.75 Å². The number of aromatic hydroxyl groups is 1. The average molecular weight is 755 g/mol. The maximum atomic E-state index is 15.2. The van der Waals surface area contributed by atoms with Gasteiger partial charge in [-0.3, -0.25) is 24.1 Å². The van der Waals surface area contributed by atoms with Crippen molar-refractivity contribution in [3.05, 3.63) is 134 Å². The Hall–Kier alpha value is -4.28. The smallest absolute Gasteiger partial charge is 0.246 e. The Labute approximate surface area is 290 Å². The normalized spacial score (nSPS) is 28.2. The summed E-state index contributed by atoms with van der Waals surface area (Å²) in [5.41, 5.74) is 1.87. The van der Waals surface area contributed by atoms with Crippen molar-refractivity contribution >= 4 is 69.2 Å². The molecule has 4 amide bonds. The Balaban J connectivity index is 1.34. The van der Waals surface area contributed by atoms with Gasteiger partial charge in [-0.25, -0.2) is 4.90 Å². The second kappa shape index (κ2) is 11.2. The van der Waals surface area contributed by atoms with Crippen molar-refractivity contribution in [1.29, 1.82) is 0 Å². The fourth-order valence-electron chi connectivity index (χ4n) is 8.63. The molecule has 1 saturated carbocycles. The Morgan fingerprint density at radius 1 is 0.745 bits per heavy atom. The molecule has 0 radical (unpaired) electrons. The lowest BCUT2D eigenvalue weighted by Gasteiger charge is -2.50. The number of imide groups is 2. The van der Waals surface area contributed by atoms with Gasteiger partial charge in [0, 0.05) is 14.5 Å². The molecule has 234 valence electrons. The quantitative estimate of drug-likeness (QED) is 0.137. The van der Waals surface area contributed by atoms with E-state index in [1.54, 1.807) is 60.7 Å². The van der Waals surface area contributed by atoms with E-state index in [4.69, 9.17) is 11.6 Å². The molecule has 9 heteroatoms. The summed E-state index contributed by atoms with van der Waals surface area (Å²) in [7, 11) is 0. The first-order valence-electron chi connectivity index (χ1n) is 15.5. The van der Waals surface area contributed by atoms with E-state index in [1.807, 2.05) is 48.5 Å². The fourth-order valence-corrected chi connectivity index (χ4v) is 9.17. The van der Waals surface area contributed by atoms with Crippen LogP contribution in [0.15, 0.2) is 115 Å². The molecule has 47 heavy (non-hydrogen) atoms. The summed E-state index contributed by atoms with van der Waals surface area (Å²) in [5.74, 6) is -4.39. The number of phenolic OH excluding ortho intramolecular Hbond substituents is 1. The van der Waals surface area contributed by atoms with Crippen molar-refractivity contribution in [2.45, 2.75) is 24.2 Å². The zero-order valence-electron chi connectivity index (χ0n) is 24.9. The summed E-state index contributed by atoms with van der Waals surface area (Å²) in [6.07, 6.45) is 2.59. The van der Waals surface area contributed by atoms with Crippen LogP contribution in [0, 0.1) is 27.2 Å². The second-order valence-corrected chi connectivity index (χ2v) is 14.4. The minimum absolute atomic E-state index is 0.0724. The third-order valence-electron chi connectivity index (χ3n) is 10.5. The van der Waals surface area contributed by atoms with E-state index in [9.17, 15) is 19.5 Å². The molecule has 8 rings (SSSR count). The van der Waals surface area contributed by atoms with E-state index >= 15 is 4.79 Å². The first-order valence-corrected chi connectivity index (χ1v) is 17.0. The molecule has 3 fully saturated rings. The van der Waals surface area contributed by atoms with Gasteiger partial charge in [0.2, 0.25) is 23.6 Å². The number of allylic oxidation sites excluding steroid dienone is 2. The summed E-state index contributed by atoms with van der Waals surface area (Å²) in [4.78, 5) is 60.7. The first-order chi connectivity index (χ1) is 22.7. The van der Waals surface area contributed by atoms with Crippen molar-refractivity contribution in [2.24, 2.45) is 23.7 Å². The van der Waals surface area contributed by atoms with Gasteiger partial charge in [-0.1, -0.05) is 71.8 Å². The fraction of sp³-hybridized carbons (Fsp3) is 0.211. The van der Waals surface area contributed by atoms with E-state index in [1.165, 1.54) is 9.80 Å². The summed E-state index contributed by atoms with van der Waals surface area (Å²) in [5, 5.41) is 10.7. The molecule has 0 bridgehead atoms. The highest BCUT2D eigenvalue weighted by Gasteiger charge is 2.70. The van der Waals surface area contributed by atoms with Gasteiger partial charge in [0.1, 0.15) is 5.75 Å². The maximum absolute atomic E-state index is 15.2. The van der Waals surface area contributed by atoms with Crippen molar-refractivity contribution in [1.82, 2.24) is 0 Å². The van der Waals surface area contributed by atoms with Crippen LogP contribution < -0.4 is 9.80 Å². The number of halogens is 2. The molecule has 2 saturated heterocycles. The zero-order valence-corrected chi connectivity index (χ0v) is 27.8. The molecule has 0 spiro atoms. The second-order valence-electron chi connectivity index (χ2n) is 12.7. The third kappa shape index (κ3) is 4.37. The molecule has 4 aromatic rings. The van der Waals surface area contributed by atoms with E-state index in [0.29, 0.717) is 28.4 Å². The van der Waals surface area contributed by atoms with Gasteiger partial charge < -0.3 is 5.11 Å². The third-order valence-corrected chi connectivity index (χ3v) is 11.4. The Kier molecular flexibility index (Phi) is 7.14. The van der Waals surface area contributed by atoms with Crippen LogP contribution >= 0.6 is 34.2 Å². The molecular weight excluding hydrogens is 727 g/mol. The van der Waals surface area contributed by atoms with Crippen LogP contribution in [-0.4, -0.2) is 28.7 Å². The zero-order chi connectivity index (χ0) is 32.6. The van der Waals surface area contributed by atoms with Crippen LogP contribution in [0.3, 0.4) is 0 Å². The van der Waals surface area contributed by atoms with Crippen LogP contribution in [0.5, 0.6) is 5.75 Å². The molecule has 2 aliphatic heterocycles. The molecule has 6 atom stereocenters. The highest BCUT2D eigenvalue weighted by atomic mass is 127. The molecule has 2 heterocycles. The van der Waals surface area contributed by atoms with Crippen molar-refractivity contribution in [3.63, 3.8) is 0 Å². The van der Waals surface area contributed by atoms with Crippen LogP contribution in [-0.2, 0) is 24.6 Å². The lowest BCUT2D eigenvalue weighted by Crippen LogP contribution is -2.53. The highest BCUT2D eigenvalue weighted by Crippen LogP contribution is 2.64. The molecule has 7 nitrogen and oxygen atoms in total. The average Bonchev–Trinajstić information content (AvgIpc) is 3.47. The molecule has 0 aromatic heterocycles. The number of nitrogens with zero attached hydrogens (tertiary/aromatic N) is 2. The lowest BCUT2D eigenvalue weighted by atomic mass is 9.49. The minimum Gasteiger partial charge on any atom is -0.508 e. The maximum Gasteiger partial charge on any atom is 0.246 e. The SMILES string of the molecule is O=C1C2CC=C3C(CC4C(=O)N(c5cccc(Cl)c5)C(=O)C4(c4ccccc4)C3c3ccc(O)cc3)C2C(=O)N1c1ccc(I)cc1. The number of hydrogen-bond donors (Lipinski definition) is 1. The number of fused-ring (bicyclic) bond motifs is 4. The first kappa shape index (κ1) is 30.1. The van der Waals surface area contributed by atoms with Gasteiger partial charge in [0.05, 0.1) is 34.5 Å². The predicted octanol–water partition coefficient (Wildman–Crippen LogP) is 7.02. The summed E-state index contributed by atoms with van der Waals surface area (Å²) < 4.78 is 0.988. The number of carbonyl (C=O) groups is 4. The number of rotatable bonds is 4. The minimum atomic E-state index is -1.35. The summed E-state index contributed by atoms with van der Waals surface area (Å²) >= 11 is 8.55. The van der Waals surface area contributed by atoms with Gasteiger partial charge in [0.15, 0.2) is 0 Å². The molecule has 6 unspecified atom stereocenters. The van der Waals surface area contributed by atoms with Gasteiger partial charge in [-0.15, -0.1) is 0 Å². The van der Waals surface area contributed by atoms with Gasteiger partial charge in [-0.2, -0.15) is 0 Å². The monoisotopic (exact) mass is 754 g/mol. The van der Waals surface area contributed by atoms with Crippen molar-refractivity contribution in [2.75, 3.05) is 9.80 Å². The summed E-state index contributed by atoms with van der Waals surface area (Å²) in [6, 6.07) is 30.1. The van der Waals surface area contributed by atoms with Crippen LogP contribution in [0.2, 0.25) is 5.02 Å². The van der Waals surface area contributed by atoms with Gasteiger partial charge in [-0.05, 0) is 107 Å². The number of phenols is 1. The van der Waals surface area contributed by atoms with Crippen LogP contribution in [0.25, 0.3) is 0 Å². The molecule has 2 aliphatic carbocycles. The standard InChI is InChI=1S/C38H28ClIN2O5/c39-23-7-4-8-26(19-23)42-35(45)31-20-30-28(17-18-29-32(30)36(46)41(34(29)44)25-13-11-24(40)12-14-25)33(21-9-15-27(43)16-10-21)38(31,37(42)47)22-5-2-1-3-6-22/h1-17,19,29-33,43H,18,20H2. The van der Waals surface area contributed by atoms with Gasteiger partial charge >= 0.3 is 0 Å². The molecule has 1 N–H and O–H groups in total. The Bertz CT molecular complexity index is 2000. The van der Waals surface area contributed by atoms with E-state index < -0.39 is 35.0 Å². The van der Waals surface area contributed by atoms with Crippen LogP contribution in [0.1, 0.15) is 29.9 Å².